The Morgan fingerprint density at radius 3 is 2.71 bits per heavy atom. The van der Waals surface area contributed by atoms with Crippen molar-refractivity contribution in [2.75, 3.05) is 0 Å². The minimum Gasteiger partial charge on any atom is -0.480 e. The highest BCUT2D eigenvalue weighted by Gasteiger charge is 2.17. The van der Waals surface area contributed by atoms with Crippen molar-refractivity contribution < 1.29 is 14.4 Å². The maximum Gasteiger partial charge on any atom is 0.320 e. The maximum atomic E-state index is 11.0. The van der Waals surface area contributed by atoms with Gasteiger partial charge in [-0.2, -0.15) is 0 Å². The summed E-state index contributed by atoms with van der Waals surface area (Å²) in [5, 5.41) is 15.9. The molecule has 2 N–H and O–H groups in total. The molecule has 1 atom stereocenters. The number of nitrogens with zero attached hydrogens (tertiary/aromatic N) is 1. The Labute approximate surface area is 101 Å². The fraction of sp³-hybridized carbons (Fsp3) is 0.667. The Morgan fingerprint density at radius 1 is 1.53 bits per heavy atom. The van der Waals surface area contributed by atoms with Crippen molar-refractivity contribution in [3.8, 4) is 0 Å². The van der Waals surface area contributed by atoms with Crippen LogP contribution >= 0.6 is 0 Å². The minimum atomic E-state index is -0.801. The Balaban J connectivity index is 2.54. The zero-order chi connectivity index (χ0) is 12.8. The van der Waals surface area contributed by atoms with Crippen LogP contribution in [0.5, 0.6) is 0 Å². The lowest BCUT2D eigenvalue weighted by Crippen LogP contribution is -2.36. The van der Waals surface area contributed by atoms with Crippen LogP contribution in [0.3, 0.4) is 0 Å². The average molecular weight is 240 g/mol. The van der Waals surface area contributed by atoms with E-state index >= 15 is 0 Å². The van der Waals surface area contributed by atoms with E-state index in [0.29, 0.717) is 13.0 Å². The highest BCUT2D eigenvalue weighted by molar-refractivity contribution is 5.73. The summed E-state index contributed by atoms with van der Waals surface area (Å²) < 4.78 is 5.03. The summed E-state index contributed by atoms with van der Waals surface area (Å²) >= 11 is 0. The van der Waals surface area contributed by atoms with E-state index in [9.17, 15) is 4.79 Å². The molecule has 1 unspecified atom stereocenters. The van der Waals surface area contributed by atoms with Crippen molar-refractivity contribution in [3.05, 3.63) is 17.0 Å². The molecule has 0 aliphatic rings. The lowest BCUT2D eigenvalue weighted by molar-refractivity contribution is -0.139. The van der Waals surface area contributed by atoms with Gasteiger partial charge in [0.25, 0.3) is 0 Å². The number of aryl methyl sites for hydroxylation is 2. The van der Waals surface area contributed by atoms with E-state index < -0.39 is 12.0 Å². The molecule has 0 bridgehead atoms. The molecule has 0 radical (unpaired) electrons. The zero-order valence-electron chi connectivity index (χ0n) is 10.6. The Kier molecular flexibility index (Phi) is 5.15. The van der Waals surface area contributed by atoms with Crippen LogP contribution in [0.4, 0.5) is 0 Å². The molecule has 1 rings (SSSR count). The third-order valence-electron chi connectivity index (χ3n) is 2.85. The standard InChI is InChI=1S/C12H20N2O3/c1-4-5-6-11(12(15)16)13-7-10-8(2)14-17-9(10)3/h11,13H,4-7H2,1-3H3,(H,15,16). The minimum absolute atomic E-state index is 0.488. The Bertz CT molecular complexity index is 354. The molecule has 0 saturated heterocycles. The van der Waals surface area contributed by atoms with Crippen molar-refractivity contribution in [1.29, 1.82) is 0 Å². The fourth-order valence-corrected chi connectivity index (χ4v) is 1.70. The first-order valence-electron chi connectivity index (χ1n) is 5.94. The molecule has 0 amide bonds. The number of hydrogen-bond donors (Lipinski definition) is 2. The molecule has 0 saturated carbocycles. The normalized spacial score (nSPS) is 12.6. The molecule has 1 aromatic rings. The smallest absolute Gasteiger partial charge is 0.320 e. The lowest BCUT2D eigenvalue weighted by atomic mass is 10.1. The summed E-state index contributed by atoms with van der Waals surface area (Å²) in [5.41, 5.74) is 1.77. The van der Waals surface area contributed by atoms with E-state index in [1.54, 1.807) is 0 Å². The van der Waals surface area contributed by atoms with Crippen molar-refractivity contribution in [1.82, 2.24) is 10.5 Å². The Morgan fingerprint density at radius 2 is 2.24 bits per heavy atom. The highest BCUT2D eigenvalue weighted by Crippen LogP contribution is 2.12. The molecule has 0 aromatic carbocycles. The predicted octanol–water partition coefficient (Wildman–Crippen LogP) is 2.02. The second-order valence-electron chi connectivity index (χ2n) is 4.22. The van der Waals surface area contributed by atoms with Crippen LogP contribution in [0.15, 0.2) is 4.52 Å². The summed E-state index contributed by atoms with van der Waals surface area (Å²) in [5.74, 6) is -0.0557. The van der Waals surface area contributed by atoms with Crippen LogP contribution in [0.25, 0.3) is 0 Å². The van der Waals surface area contributed by atoms with Gasteiger partial charge in [-0.05, 0) is 20.3 Å². The van der Waals surface area contributed by atoms with E-state index in [0.717, 1.165) is 29.9 Å². The van der Waals surface area contributed by atoms with Gasteiger partial charge in [0.2, 0.25) is 0 Å². The number of aromatic nitrogens is 1. The van der Waals surface area contributed by atoms with Crippen LogP contribution < -0.4 is 5.32 Å². The second-order valence-corrected chi connectivity index (χ2v) is 4.22. The number of carboxylic acid groups (broad SMARTS) is 1. The van der Waals surface area contributed by atoms with Gasteiger partial charge in [-0.15, -0.1) is 0 Å². The molecule has 5 nitrogen and oxygen atoms in total. The first kappa shape index (κ1) is 13.7. The maximum absolute atomic E-state index is 11.0. The predicted molar refractivity (Wildman–Crippen MR) is 63.8 cm³/mol. The van der Waals surface area contributed by atoms with Crippen molar-refractivity contribution in [2.45, 2.75) is 52.6 Å². The number of aliphatic carboxylic acids is 1. The van der Waals surface area contributed by atoms with Gasteiger partial charge in [0.1, 0.15) is 11.8 Å². The van der Waals surface area contributed by atoms with Gasteiger partial charge in [-0.3, -0.25) is 4.79 Å². The van der Waals surface area contributed by atoms with Crippen LogP contribution in [0.1, 0.15) is 43.2 Å². The molecule has 0 aliphatic carbocycles. The van der Waals surface area contributed by atoms with E-state index in [4.69, 9.17) is 9.63 Å². The quantitative estimate of drug-likeness (QED) is 0.762. The van der Waals surface area contributed by atoms with Gasteiger partial charge in [0, 0.05) is 12.1 Å². The summed E-state index contributed by atoms with van der Waals surface area (Å²) in [7, 11) is 0. The topological polar surface area (TPSA) is 75.4 Å². The van der Waals surface area contributed by atoms with Gasteiger partial charge < -0.3 is 14.9 Å². The Hall–Kier alpha value is -1.36. The molecule has 0 spiro atoms. The number of rotatable bonds is 7. The molecule has 5 heteroatoms. The third-order valence-corrected chi connectivity index (χ3v) is 2.85. The van der Waals surface area contributed by atoms with Gasteiger partial charge in [-0.1, -0.05) is 24.9 Å². The van der Waals surface area contributed by atoms with Crippen LogP contribution in [-0.4, -0.2) is 22.3 Å². The molecular formula is C12H20N2O3. The largest absolute Gasteiger partial charge is 0.480 e. The number of carbonyl (C=O) groups is 1. The fourth-order valence-electron chi connectivity index (χ4n) is 1.70. The van der Waals surface area contributed by atoms with Gasteiger partial charge >= 0.3 is 5.97 Å². The van der Waals surface area contributed by atoms with Crippen molar-refractivity contribution in [3.63, 3.8) is 0 Å². The van der Waals surface area contributed by atoms with Crippen LogP contribution in [0, 0.1) is 13.8 Å². The van der Waals surface area contributed by atoms with E-state index in [2.05, 4.69) is 10.5 Å². The highest BCUT2D eigenvalue weighted by atomic mass is 16.5. The molecule has 1 heterocycles. The summed E-state index contributed by atoms with van der Waals surface area (Å²) in [4.78, 5) is 11.0. The van der Waals surface area contributed by atoms with Crippen LogP contribution in [-0.2, 0) is 11.3 Å². The number of carboxylic acids is 1. The molecule has 1 aromatic heterocycles. The SMILES string of the molecule is CCCCC(NCc1c(C)noc1C)C(=O)O. The molecule has 0 fully saturated rings. The number of nitrogens with one attached hydrogen (secondary N) is 1. The van der Waals surface area contributed by atoms with Gasteiger partial charge in [0.05, 0.1) is 5.69 Å². The lowest BCUT2D eigenvalue weighted by Gasteiger charge is -2.13. The summed E-state index contributed by atoms with van der Waals surface area (Å²) in [6.07, 6.45) is 2.55. The molecule has 0 aliphatic heterocycles. The molecule has 17 heavy (non-hydrogen) atoms. The molecular weight excluding hydrogens is 220 g/mol. The number of hydrogen-bond acceptors (Lipinski definition) is 4. The average Bonchev–Trinajstić information content (AvgIpc) is 2.59. The first-order chi connectivity index (χ1) is 8.06. The van der Waals surface area contributed by atoms with E-state index in [1.165, 1.54) is 0 Å². The zero-order valence-corrected chi connectivity index (χ0v) is 10.6. The van der Waals surface area contributed by atoms with Crippen molar-refractivity contribution in [2.24, 2.45) is 0 Å². The molecule has 96 valence electrons. The monoisotopic (exact) mass is 240 g/mol. The van der Waals surface area contributed by atoms with Crippen molar-refractivity contribution >= 4 is 5.97 Å². The van der Waals surface area contributed by atoms with Crippen LogP contribution in [0.2, 0.25) is 0 Å². The summed E-state index contributed by atoms with van der Waals surface area (Å²) in [6.45, 7) is 6.23. The van der Waals surface area contributed by atoms with Gasteiger partial charge in [0.15, 0.2) is 0 Å². The number of unbranched alkanes of at least 4 members (excludes halogenated alkanes) is 1. The summed E-state index contributed by atoms with van der Waals surface area (Å²) in [6, 6.07) is -0.497. The van der Waals surface area contributed by atoms with E-state index in [-0.39, 0.29) is 0 Å². The second kappa shape index (κ2) is 6.39. The first-order valence-corrected chi connectivity index (χ1v) is 5.94. The van der Waals surface area contributed by atoms with Gasteiger partial charge in [-0.25, -0.2) is 0 Å². The third kappa shape index (κ3) is 3.85. The van der Waals surface area contributed by atoms with E-state index in [1.807, 2.05) is 20.8 Å².